The molecule has 122 valence electrons. The molecule has 0 atom stereocenters. The molecule has 1 aliphatic rings. The summed E-state index contributed by atoms with van der Waals surface area (Å²) in [4.78, 5) is 21.1. The first-order valence-electron chi connectivity index (χ1n) is 7.87. The molecule has 1 N–H and O–H groups in total. The Kier molecular flexibility index (Phi) is 5.38. The molecule has 1 aromatic carbocycles. The van der Waals surface area contributed by atoms with E-state index in [9.17, 15) is 4.79 Å². The zero-order valence-electron chi connectivity index (χ0n) is 13.0. The number of thiazole rings is 1. The standard InChI is InChI=1S/C17H21N3O2S/c21-11-10-19-6-8-20(9-7-19)17(22)15-13-23-16(18-15)12-14-4-2-1-3-5-14/h1-5,13,21H,6-12H2. The first-order valence-corrected chi connectivity index (χ1v) is 8.75. The molecule has 1 aliphatic heterocycles. The van der Waals surface area contributed by atoms with Crippen molar-refractivity contribution < 1.29 is 9.90 Å². The summed E-state index contributed by atoms with van der Waals surface area (Å²) in [5.74, 6) is 0.0178. The van der Waals surface area contributed by atoms with Gasteiger partial charge in [-0.05, 0) is 5.56 Å². The lowest BCUT2D eigenvalue weighted by Crippen LogP contribution is -2.49. The molecule has 5 nitrogen and oxygen atoms in total. The fourth-order valence-corrected chi connectivity index (χ4v) is 3.54. The van der Waals surface area contributed by atoms with Gasteiger partial charge in [0, 0.05) is 44.5 Å². The Labute approximate surface area is 140 Å². The van der Waals surface area contributed by atoms with Gasteiger partial charge in [0.1, 0.15) is 5.69 Å². The largest absolute Gasteiger partial charge is 0.395 e. The van der Waals surface area contributed by atoms with Gasteiger partial charge in [0.15, 0.2) is 0 Å². The van der Waals surface area contributed by atoms with Crippen LogP contribution < -0.4 is 0 Å². The molecule has 1 fully saturated rings. The third-order valence-corrected chi connectivity index (χ3v) is 4.89. The molecule has 0 radical (unpaired) electrons. The van der Waals surface area contributed by atoms with Crippen LogP contribution in [0.5, 0.6) is 0 Å². The highest BCUT2D eigenvalue weighted by Gasteiger charge is 2.23. The van der Waals surface area contributed by atoms with Crippen molar-refractivity contribution in [3.05, 3.63) is 52.0 Å². The van der Waals surface area contributed by atoms with Crippen molar-refractivity contribution in [3.8, 4) is 0 Å². The van der Waals surface area contributed by atoms with Crippen molar-refractivity contribution in [2.75, 3.05) is 39.3 Å². The normalized spacial score (nSPS) is 15.8. The molecule has 0 spiro atoms. The van der Waals surface area contributed by atoms with E-state index in [2.05, 4.69) is 22.0 Å². The summed E-state index contributed by atoms with van der Waals surface area (Å²) in [6.07, 6.45) is 0.767. The number of rotatable bonds is 5. The molecule has 6 heteroatoms. The number of nitrogens with zero attached hydrogens (tertiary/aromatic N) is 3. The van der Waals surface area contributed by atoms with Crippen LogP contribution in [0.2, 0.25) is 0 Å². The van der Waals surface area contributed by atoms with Crippen LogP contribution in [0, 0.1) is 0 Å². The van der Waals surface area contributed by atoms with Gasteiger partial charge in [0.25, 0.3) is 5.91 Å². The molecule has 2 heterocycles. The van der Waals surface area contributed by atoms with Gasteiger partial charge in [-0.2, -0.15) is 0 Å². The lowest BCUT2D eigenvalue weighted by atomic mass is 10.2. The van der Waals surface area contributed by atoms with Crippen LogP contribution in [0.25, 0.3) is 0 Å². The lowest BCUT2D eigenvalue weighted by Gasteiger charge is -2.33. The Morgan fingerprint density at radius 2 is 1.91 bits per heavy atom. The van der Waals surface area contributed by atoms with Crippen molar-refractivity contribution in [3.63, 3.8) is 0 Å². The Hall–Kier alpha value is -1.76. The molecule has 0 bridgehead atoms. The summed E-state index contributed by atoms with van der Waals surface area (Å²) in [6.45, 7) is 3.87. The van der Waals surface area contributed by atoms with Gasteiger partial charge in [-0.1, -0.05) is 30.3 Å². The molecule has 2 aromatic rings. The predicted octanol–water partition coefficient (Wildman–Crippen LogP) is 1.48. The maximum absolute atomic E-state index is 12.5. The molecule has 3 rings (SSSR count). The number of carbonyl (C=O) groups is 1. The minimum absolute atomic E-state index is 0.0178. The number of aromatic nitrogens is 1. The second-order valence-electron chi connectivity index (χ2n) is 5.65. The average molecular weight is 331 g/mol. The van der Waals surface area contributed by atoms with Crippen molar-refractivity contribution >= 4 is 17.2 Å². The molecule has 1 saturated heterocycles. The van der Waals surface area contributed by atoms with Crippen LogP contribution >= 0.6 is 11.3 Å². The zero-order valence-corrected chi connectivity index (χ0v) is 13.8. The van der Waals surface area contributed by atoms with Crippen molar-refractivity contribution in [1.82, 2.24) is 14.8 Å². The second kappa shape index (κ2) is 7.68. The highest BCUT2D eigenvalue weighted by atomic mass is 32.1. The fraction of sp³-hybridized carbons (Fsp3) is 0.412. The van der Waals surface area contributed by atoms with Gasteiger partial charge >= 0.3 is 0 Å². The zero-order chi connectivity index (χ0) is 16.1. The number of aliphatic hydroxyl groups excluding tert-OH is 1. The number of piperazine rings is 1. The molecule has 0 unspecified atom stereocenters. The molecule has 0 saturated carbocycles. The van der Waals surface area contributed by atoms with Gasteiger partial charge in [-0.25, -0.2) is 4.98 Å². The highest BCUT2D eigenvalue weighted by Crippen LogP contribution is 2.16. The maximum Gasteiger partial charge on any atom is 0.273 e. The van der Waals surface area contributed by atoms with Crippen LogP contribution in [0.4, 0.5) is 0 Å². The van der Waals surface area contributed by atoms with E-state index in [0.717, 1.165) is 24.5 Å². The summed E-state index contributed by atoms with van der Waals surface area (Å²) in [5.41, 5.74) is 1.76. The maximum atomic E-state index is 12.5. The number of benzene rings is 1. The first-order chi connectivity index (χ1) is 11.3. The van der Waals surface area contributed by atoms with Gasteiger partial charge in [0.2, 0.25) is 0 Å². The van der Waals surface area contributed by atoms with E-state index in [1.54, 1.807) is 11.3 Å². The summed E-state index contributed by atoms with van der Waals surface area (Å²) in [7, 11) is 0. The third kappa shape index (κ3) is 4.16. The molecule has 1 aromatic heterocycles. The van der Waals surface area contributed by atoms with Gasteiger partial charge in [-0.15, -0.1) is 11.3 Å². The quantitative estimate of drug-likeness (QED) is 0.902. The van der Waals surface area contributed by atoms with E-state index in [-0.39, 0.29) is 12.5 Å². The number of carbonyl (C=O) groups excluding carboxylic acids is 1. The van der Waals surface area contributed by atoms with E-state index in [0.29, 0.717) is 25.3 Å². The lowest BCUT2D eigenvalue weighted by molar-refractivity contribution is 0.0610. The topological polar surface area (TPSA) is 56.7 Å². The summed E-state index contributed by atoms with van der Waals surface area (Å²) >= 11 is 1.54. The molecular formula is C17H21N3O2S. The first kappa shape index (κ1) is 16.1. The van der Waals surface area contributed by atoms with E-state index in [1.165, 1.54) is 5.56 Å². The molecule has 1 amide bonds. The molecule has 23 heavy (non-hydrogen) atoms. The summed E-state index contributed by atoms with van der Waals surface area (Å²) < 4.78 is 0. The Balaban J connectivity index is 1.58. The number of hydrogen-bond acceptors (Lipinski definition) is 5. The number of β-amino-alcohol motifs (C(OH)–C–C–N with tert-alkyl or cyclic N) is 1. The second-order valence-corrected chi connectivity index (χ2v) is 6.59. The van der Waals surface area contributed by atoms with Crippen molar-refractivity contribution in [2.24, 2.45) is 0 Å². The van der Waals surface area contributed by atoms with Crippen LogP contribution in [0.15, 0.2) is 35.7 Å². The van der Waals surface area contributed by atoms with E-state index in [4.69, 9.17) is 5.11 Å². The van der Waals surface area contributed by atoms with Crippen LogP contribution in [-0.2, 0) is 6.42 Å². The SMILES string of the molecule is O=C(c1csc(Cc2ccccc2)n1)N1CCN(CCO)CC1. The fourth-order valence-electron chi connectivity index (χ4n) is 2.74. The smallest absolute Gasteiger partial charge is 0.273 e. The Morgan fingerprint density at radius 1 is 1.17 bits per heavy atom. The van der Waals surface area contributed by atoms with E-state index >= 15 is 0 Å². The number of aliphatic hydroxyl groups is 1. The average Bonchev–Trinajstić information content (AvgIpc) is 3.05. The summed E-state index contributed by atoms with van der Waals surface area (Å²) in [6, 6.07) is 10.2. The van der Waals surface area contributed by atoms with Crippen LogP contribution in [-0.4, -0.2) is 65.1 Å². The van der Waals surface area contributed by atoms with Crippen molar-refractivity contribution in [2.45, 2.75) is 6.42 Å². The van der Waals surface area contributed by atoms with Crippen LogP contribution in [0.3, 0.4) is 0 Å². The molecule has 0 aliphatic carbocycles. The third-order valence-electron chi connectivity index (χ3n) is 4.04. The predicted molar refractivity (Wildman–Crippen MR) is 90.8 cm³/mol. The number of amides is 1. The van der Waals surface area contributed by atoms with Gasteiger partial charge < -0.3 is 10.0 Å². The minimum Gasteiger partial charge on any atom is -0.395 e. The van der Waals surface area contributed by atoms with Gasteiger partial charge in [-0.3, -0.25) is 9.69 Å². The Morgan fingerprint density at radius 3 is 2.61 bits per heavy atom. The highest BCUT2D eigenvalue weighted by molar-refractivity contribution is 7.09. The molecular weight excluding hydrogens is 310 g/mol. The van der Waals surface area contributed by atoms with E-state index in [1.807, 2.05) is 28.5 Å². The van der Waals surface area contributed by atoms with Crippen molar-refractivity contribution in [1.29, 1.82) is 0 Å². The summed E-state index contributed by atoms with van der Waals surface area (Å²) in [5, 5.41) is 11.8. The Bertz CT molecular complexity index is 636. The monoisotopic (exact) mass is 331 g/mol. The minimum atomic E-state index is 0.0178. The van der Waals surface area contributed by atoms with Gasteiger partial charge in [0.05, 0.1) is 11.6 Å². The van der Waals surface area contributed by atoms with E-state index < -0.39 is 0 Å². The van der Waals surface area contributed by atoms with Crippen LogP contribution in [0.1, 0.15) is 21.1 Å². The number of hydrogen-bond donors (Lipinski definition) is 1.